The molecule has 0 spiro atoms. The topological polar surface area (TPSA) is 85.1 Å². The summed E-state index contributed by atoms with van der Waals surface area (Å²) in [6, 6.07) is 5.11. The Balaban J connectivity index is 1.83. The van der Waals surface area contributed by atoms with E-state index < -0.39 is 0 Å². The number of halogens is 1. The van der Waals surface area contributed by atoms with Crippen LogP contribution in [0.25, 0.3) is 11.2 Å². The predicted octanol–water partition coefficient (Wildman–Crippen LogP) is 3.35. The maximum absolute atomic E-state index is 9.67. The average molecular weight is 348 g/mol. The summed E-state index contributed by atoms with van der Waals surface area (Å²) in [6.07, 6.45) is 3.02. The number of phenolic OH excluding ortho intramolecular Hbond substituents is 1. The van der Waals surface area contributed by atoms with Crippen molar-refractivity contribution in [1.82, 2.24) is 19.5 Å². The van der Waals surface area contributed by atoms with E-state index in [4.69, 9.17) is 16.3 Å². The van der Waals surface area contributed by atoms with Gasteiger partial charge in [-0.1, -0.05) is 17.7 Å². The van der Waals surface area contributed by atoms with Crippen molar-refractivity contribution in [2.75, 3.05) is 11.9 Å². The Labute approximate surface area is 144 Å². The maximum atomic E-state index is 9.67. The number of aromatic nitrogens is 4. The summed E-state index contributed by atoms with van der Waals surface area (Å²) < 4.78 is 7.45. The number of anilines is 1. The molecule has 0 saturated heterocycles. The summed E-state index contributed by atoms with van der Waals surface area (Å²) in [5.41, 5.74) is 2.25. The molecule has 1 atom stereocenters. The summed E-state index contributed by atoms with van der Waals surface area (Å²) in [5, 5.41) is 13.2. The van der Waals surface area contributed by atoms with Crippen molar-refractivity contribution in [2.24, 2.45) is 0 Å². The number of imidazole rings is 1. The van der Waals surface area contributed by atoms with E-state index in [1.54, 1.807) is 18.5 Å². The van der Waals surface area contributed by atoms with E-state index in [-0.39, 0.29) is 12.0 Å². The minimum atomic E-state index is -0.157. The zero-order valence-electron chi connectivity index (χ0n) is 13.4. The van der Waals surface area contributed by atoms with E-state index in [0.29, 0.717) is 35.2 Å². The minimum Gasteiger partial charge on any atom is -0.506 e. The smallest absolute Gasteiger partial charge is 0.167 e. The van der Waals surface area contributed by atoms with Crippen LogP contribution in [0.2, 0.25) is 5.02 Å². The molecule has 0 saturated carbocycles. The summed E-state index contributed by atoms with van der Waals surface area (Å²) in [7, 11) is 0. The lowest BCUT2D eigenvalue weighted by Gasteiger charge is -2.13. The zero-order valence-corrected chi connectivity index (χ0v) is 14.2. The van der Waals surface area contributed by atoms with Gasteiger partial charge in [0.05, 0.1) is 11.3 Å². The molecule has 3 aromatic rings. The molecule has 126 valence electrons. The molecule has 7 nitrogen and oxygen atoms in total. The van der Waals surface area contributed by atoms with E-state index in [0.717, 1.165) is 5.56 Å². The molecule has 2 aromatic heterocycles. The highest BCUT2D eigenvalue weighted by molar-refractivity contribution is 6.32. The second-order valence-electron chi connectivity index (χ2n) is 5.24. The molecule has 3 rings (SSSR count). The van der Waals surface area contributed by atoms with E-state index in [1.807, 2.05) is 24.5 Å². The van der Waals surface area contributed by atoms with Crippen molar-refractivity contribution < 1.29 is 9.84 Å². The molecule has 0 aliphatic carbocycles. The molecule has 1 unspecified atom stereocenters. The van der Waals surface area contributed by atoms with Gasteiger partial charge in [0, 0.05) is 13.2 Å². The number of nitrogens with one attached hydrogen (secondary N) is 1. The first-order valence-electron chi connectivity index (χ1n) is 7.60. The number of hydrogen-bond acceptors (Lipinski definition) is 6. The van der Waals surface area contributed by atoms with Crippen molar-refractivity contribution in [3.05, 3.63) is 41.4 Å². The van der Waals surface area contributed by atoms with Crippen molar-refractivity contribution in [2.45, 2.75) is 26.6 Å². The Kier molecular flexibility index (Phi) is 4.82. The number of ether oxygens (including phenoxy) is 1. The number of fused-ring (bicyclic) bond motifs is 1. The zero-order chi connectivity index (χ0) is 17.1. The molecule has 2 N–H and O–H groups in total. The monoisotopic (exact) mass is 347 g/mol. The average Bonchev–Trinajstić information content (AvgIpc) is 3.01. The first-order chi connectivity index (χ1) is 11.6. The van der Waals surface area contributed by atoms with Crippen LogP contribution < -0.4 is 5.32 Å². The number of benzene rings is 1. The largest absolute Gasteiger partial charge is 0.506 e. The van der Waals surface area contributed by atoms with Gasteiger partial charge in [0.15, 0.2) is 17.0 Å². The maximum Gasteiger partial charge on any atom is 0.167 e. The lowest BCUT2D eigenvalue weighted by Crippen LogP contribution is -2.09. The normalized spacial score (nSPS) is 12.5. The molecule has 2 heterocycles. The molecular weight excluding hydrogens is 330 g/mol. The first kappa shape index (κ1) is 16.5. The molecular formula is C16H18ClN5O2. The fourth-order valence-electron chi connectivity index (χ4n) is 2.42. The van der Waals surface area contributed by atoms with Crippen LogP contribution in [0.15, 0.2) is 30.9 Å². The Morgan fingerprint density at radius 3 is 2.92 bits per heavy atom. The molecule has 0 fully saturated rings. The molecule has 0 bridgehead atoms. The van der Waals surface area contributed by atoms with Gasteiger partial charge in [-0.25, -0.2) is 15.0 Å². The summed E-state index contributed by atoms with van der Waals surface area (Å²) >= 11 is 5.82. The molecule has 24 heavy (non-hydrogen) atoms. The number of nitrogens with zero attached hydrogens (tertiary/aromatic N) is 4. The van der Waals surface area contributed by atoms with Crippen molar-refractivity contribution in [1.29, 1.82) is 0 Å². The van der Waals surface area contributed by atoms with E-state index in [2.05, 4.69) is 20.3 Å². The first-order valence-corrected chi connectivity index (χ1v) is 7.98. The van der Waals surface area contributed by atoms with Gasteiger partial charge in [-0.05, 0) is 31.5 Å². The van der Waals surface area contributed by atoms with Gasteiger partial charge in [0.2, 0.25) is 0 Å². The summed E-state index contributed by atoms with van der Waals surface area (Å²) in [5.74, 6) is 0.676. The van der Waals surface area contributed by atoms with E-state index in [1.165, 1.54) is 6.33 Å². The quantitative estimate of drug-likeness (QED) is 0.711. The van der Waals surface area contributed by atoms with Crippen LogP contribution in [0.3, 0.4) is 0 Å². The van der Waals surface area contributed by atoms with Crippen LogP contribution in [0.4, 0.5) is 5.82 Å². The van der Waals surface area contributed by atoms with Crippen molar-refractivity contribution >= 4 is 28.6 Å². The minimum absolute atomic E-state index is 0.0543. The lowest BCUT2D eigenvalue weighted by atomic mass is 10.2. The van der Waals surface area contributed by atoms with Gasteiger partial charge in [-0.2, -0.15) is 0 Å². The lowest BCUT2D eigenvalue weighted by molar-refractivity contribution is 0.0272. The van der Waals surface area contributed by atoms with Crippen LogP contribution in [-0.4, -0.2) is 31.2 Å². The third-order valence-corrected chi connectivity index (χ3v) is 3.95. The Hall–Kier alpha value is -2.38. The molecule has 0 radical (unpaired) electrons. The standard InChI is InChI=1S/C16H18ClN5O2/c1-3-24-10(2)22-9-21-14-15(19-8-20-16(14)22)18-7-11-4-5-12(17)13(23)6-11/h4-6,8-10,23H,3,7H2,1-2H3,(H,18,19,20). The third-order valence-electron chi connectivity index (χ3n) is 3.63. The third kappa shape index (κ3) is 3.27. The molecule has 8 heteroatoms. The Morgan fingerprint density at radius 1 is 1.33 bits per heavy atom. The van der Waals surface area contributed by atoms with Crippen LogP contribution in [0.5, 0.6) is 5.75 Å². The van der Waals surface area contributed by atoms with Crippen LogP contribution in [0, 0.1) is 0 Å². The molecule has 1 aromatic carbocycles. The molecule has 0 amide bonds. The molecule has 0 aliphatic rings. The van der Waals surface area contributed by atoms with Gasteiger partial charge >= 0.3 is 0 Å². The number of phenols is 1. The van der Waals surface area contributed by atoms with Gasteiger partial charge in [-0.15, -0.1) is 0 Å². The van der Waals surface area contributed by atoms with E-state index in [9.17, 15) is 5.11 Å². The number of rotatable bonds is 6. The van der Waals surface area contributed by atoms with Gasteiger partial charge in [0.25, 0.3) is 0 Å². The van der Waals surface area contributed by atoms with Gasteiger partial charge < -0.3 is 15.2 Å². The number of aromatic hydroxyl groups is 1. The summed E-state index contributed by atoms with van der Waals surface area (Å²) in [6.45, 7) is 4.97. The highest BCUT2D eigenvalue weighted by atomic mass is 35.5. The summed E-state index contributed by atoms with van der Waals surface area (Å²) in [4.78, 5) is 12.9. The predicted molar refractivity (Wildman–Crippen MR) is 92.1 cm³/mol. The van der Waals surface area contributed by atoms with Crippen LogP contribution >= 0.6 is 11.6 Å². The second kappa shape index (κ2) is 7.02. The second-order valence-corrected chi connectivity index (χ2v) is 5.65. The fraction of sp³-hybridized carbons (Fsp3) is 0.312. The highest BCUT2D eigenvalue weighted by Gasteiger charge is 2.14. The van der Waals surface area contributed by atoms with Crippen LogP contribution in [-0.2, 0) is 11.3 Å². The van der Waals surface area contributed by atoms with Gasteiger partial charge in [-0.3, -0.25) is 4.57 Å². The Bertz CT molecular complexity index is 852. The van der Waals surface area contributed by atoms with Gasteiger partial charge in [0.1, 0.15) is 18.3 Å². The van der Waals surface area contributed by atoms with Crippen LogP contribution in [0.1, 0.15) is 25.6 Å². The van der Waals surface area contributed by atoms with Crippen molar-refractivity contribution in [3.63, 3.8) is 0 Å². The SMILES string of the molecule is CCOC(C)n1cnc2c(NCc3ccc(Cl)c(O)c3)ncnc21. The van der Waals surface area contributed by atoms with E-state index >= 15 is 0 Å². The van der Waals surface area contributed by atoms with Crippen molar-refractivity contribution in [3.8, 4) is 5.75 Å². The Morgan fingerprint density at radius 2 is 2.17 bits per heavy atom. The molecule has 0 aliphatic heterocycles. The number of hydrogen-bond donors (Lipinski definition) is 2. The fourth-order valence-corrected chi connectivity index (χ4v) is 2.54. The highest BCUT2D eigenvalue weighted by Crippen LogP contribution is 2.25.